The van der Waals surface area contributed by atoms with E-state index in [4.69, 9.17) is 4.74 Å². The first-order chi connectivity index (χ1) is 11.9. The molecule has 8 heteroatoms. The molecule has 8 nitrogen and oxygen atoms in total. The summed E-state index contributed by atoms with van der Waals surface area (Å²) < 4.78 is 5.17. The van der Waals surface area contributed by atoms with E-state index in [0.717, 1.165) is 11.6 Å². The summed E-state index contributed by atoms with van der Waals surface area (Å²) in [7, 11) is 0. The lowest BCUT2D eigenvalue weighted by Crippen LogP contribution is -2.17. The number of hydrogen-bond acceptors (Lipinski definition) is 6. The standard InChI is InChI=1S/C17H17N3O5/c1-3-25-15-9-12(8-14(16(15)21)20(23)24)10-18-19-17(22)13-6-4-11(2)5-7-13/h4-10,21H,3H2,1-2H3,(H,19,22)/b18-10-. The molecule has 0 bridgehead atoms. The number of nitrogens with zero attached hydrogens (tertiary/aromatic N) is 2. The fourth-order valence-electron chi connectivity index (χ4n) is 2.03. The monoisotopic (exact) mass is 343 g/mol. The number of ether oxygens (including phenoxy) is 1. The van der Waals surface area contributed by atoms with E-state index in [1.807, 2.05) is 6.92 Å². The fourth-order valence-corrected chi connectivity index (χ4v) is 2.03. The highest BCUT2D eigenvalue weighted by Gasteiger charge is 2.19. The van der Waals surface area contributed by atoms with Gasteiger partial charge in [0.1, 0.15) is 0 Å². The summed E-state index contributed by atoms with van der Waals surface area (Å²) in [6, 6.07) is 9.47. The van der Waals surface area contributed by atoms with Crippen molar-refractivity contribution in [3.05, 3.63) is 63.2 Å². The SMILES string of the molecule is CCOc1cc(/C=N\NC(=O)c2ccc(C)cc2)cc([N+](=O)[O-])c1O. The minimum Gasteiger partial charge on any atom is -0.500 e. The number of carbonyl (C=O) groups is 1. The molecule has 1 amide bonds. The zero-order valence-corrected chi connectivity index (χ0v) is 13.7. The van der Waals surface area contributed by atoms with Crippen molar-refractivity contribution in [2.24, 2.45) is 5.10 Å². The van der Waals surface area contributed by atoms with Crippen LogP contribution in [0.3, 0.4) is 0 Å². The Morgan fingerprint density at radius 3 is 2.64 bits per heavy atom. The predicted molar refractivity (Wildman–Crippen MR) is 92.2 cm³/mol. The van der Waals surface area contributed by atoms with Crippen LogP contribution in [0.25, 0.3) is 0 Å². The number of benzene rings is 2. The van der Waals surface area contributed by atoms with Gasteiger partial charge in [0.25, 0.3) is 5.91 Å². The Labute approximate surface area is 143 Å². The van der Waals surface area contributed by atoms with Crippen LogP contribution in [0.1, 0.15) is 28.4 Å². The van der Waals surface area contributed by atoms with Gasteiger partial charge in [-0.15, -0.1) is 0 Å². The number of aryl methyl sites for hydroxylation is 1. The van der Waals surface area contributed by atoms with Gasteiger partial charge in [-0.3, -0.25) is 14.9 Å². The van der Waals surface area contributed by atoms with Gasteiger partial charge in [0.15, 0.2) is 5.75 Å². The average Bonchev–Trinajstić information content (AvgIpc) is 2.58. The van der Waals surface area contributed by atoms with Crippen molar-refractivity contribution >= 4 is 17.8 Å². The maximum absolute atomic E-state index is 11.9. The van der Waals surface area contributed by atoms with Gasteiger partial charge >= 0.3 is 5.69 Å². The zero-order chi connectivity index (χ0) is 18.4. The topological polar surface area (TPSA) is 114 Å². The third-order valence-electron chi connectivity index (χ3n) is 3.27. The van der Waals surface area contributed by atoms with Gasteiger partial charge < -0.3 is 9.84 Å². The van der Waals surface area contributed by atoms with E-state index in [0.29, 0.717) is 11.1 Å². The number of phenols is 1. The van der Waals surface area contributed by atoms with Gasteiger partial charge in [0.05, 0.1) is 17.7 Å². The van der Waals surface area contributed by atoms with Crippen LogP contribution in [0.2, 0.25) is 0 Å². The number of phenolic OH excluding ortho intramolecular Hbond substituents is 1. The number of hydrogen-bond donors (Lipinski definition) is 2. The molecule has 0 radical (unpaired) electrons. The van der Waals surface area contributed by atoms with Gasteiger partial charge in [-0.25, -0.2) is 5.43 Å². The fraction of sp³-hybridized carbons (Fsp3) is 0.176. The Kier molecular flexibility index (Phi) is 5.67. The molecule has 2 rings (SSSR count). The quantitative estimate of drug-likeness (QED) is 0.475. The molecule has 130 valence electrons. The van der Waals surface area contributed by atoms with Gasteiger partial charge in [0, 0.05) is 17.2 Å². The van der Waals surface area contributed by atoms with Crippen LogP contribution in [0.4, 0.5) is 5.69 Å². The second-order valence-electron chi connectivity index (χ2n) is 5.14. The van der Waals surface area contributed by atoms with E-state index in [1.54, 1.807) is 31.2 Å². The highest BCUT2D eigenvalue weighted by Crippen LogP contribution is 2.36. The molecule has 0 aromatic heterocycles. The van der Waals surface area contributed by atoms with Gasteiger partial charge in [-0.1, -0.05) is 17.7 Å². The molecule has 0 unspecified atom stereocenters. The molecular formula is C17H17N3O5. The Balaban J connectivity index is 2.18. The smallest absolute Gasteiger partial charge is 0.315 e. The third kappa shape index (κ3) is 4.54. The molecule has 0 aliphatic heterocycles. The molecule has 0 atom stereocenters. The summed E-state index contributed by atoms with van der Waals surface area (Å²) >= 11 is 0. The first kappa shape index (κ1) is 17.9. The lowest BCUT2D eigenvalue weighted by molar-refractivity contribution is -0.386. The van der Waals surface area contributed by atoms with Crippen LogP contribution in [-0.4, -0.2) is 28.8 Å². The van der Waals surface area contributed by atoms with E-state index >= 15 is 0 Å². The number of nitro benzene ring substituents is 1. The van der Waals surface area contributed by atoms with E-state index in [9.17, 15) is 20.0 Å². The van der Waals surface area contributed by atoms with Gasteiger partial charge in [0.2, 0.25) is 5.75 Å². The summed E-state index contributed by atoms with van der Waals surface area (Å²) in [6.07, 6.45) is 1.24. The second kappa shape index (κ2) is 7.91. The second-order valence-corrected chi connectivity index (χ2v) is 5.14. The summed E-state index contributed by atoms with van der Waals surface area (Å²) in [5, 5.41) is 24.6. The predicted octanol–water partition coefficient (Wildman–Crippen LogP) is 2.77. The highest BCUT2D eigenvalue weighted by atomic mass is 16.6. The molecule has 0 aliphatic carbocycles. The van der Waals surface area contributed by atoms with Crippen molar-refractivity contribution in [2.75, 3.05) is 6.61 Å². The lowest BCUT2D eigenvalue weighted by Gasteiger charge is -2.07. The van der Waals surface area contributed by atoms with Crippen LogP contribution in [-0.2, 0) is 0 Å². The van der Waals surface area contributed by atoms with E-state index < -0.39 is 22.3 Å². The third-order valence-corrected chi connectivity index (χ3v) is 3.27. The number of aromatic hydroxyl groups is 1. The molecule has 25 heavy (non-hydrogen) atoms. The maximum atomic E-state index is 11.9. The molecular weight excluding hydrogens is 326 g/mol. The number of hydrazone groups is 1. The first-order valence-electron chi connectivity index (χ1n) is 7.46. The first-order valence-corrected chi connectivity index (χ1v) is 7.46. The molecule has 0 spiro atoms. The Morgan fingerprint density at radius 2 is 2.04 bits per heavy atom. The molecule has 0 aliphatic rings. The molecule has 2 aromatic carbocycles. The van der Waals surface area contributed by atoms with Crippen molar-refractivity contribution in [1.29, 1.82) is 0 Å². The largest absolute Gasteiger partial charge is 0.500 e. The highest BCUT2D eigenvalue weighted by molar-refractivity contribution is 5.95. The number of nitro groups is 1. The van der Waals surface area contributed by atoms with Crippen molar-refractivity contribution < 1.29 is 19.6 Å². The van der Waals surface area contributed by atoms with E-state index in [-0.39, 0.29) is 12.4 Å². The number of rotatable bonds is 6. The zero-order valence-electron chi connectivity index (χ0n) is 13.7. The molecule has 0 saturated carbocycles. The molecule has 2 aromatic rings. The van der Waals surface area contributed by atoms with Crippen molar-refractivity contribution in [2.45, 2.75) is 13.8 Å². The average molecular weight is 343 g/mol. The Hall–Kier alpha value is -3.42. The Morgan fingerprint density at radius 1 is 1.36 bits per heavy atom. The molecule has 0 heterocycles. The summed E-state index contributed by atoms with van der Waals surface area (Å²) in [4.78, 5) is 22.2. The normalized spacial score (nSPS) is 10.6. The summed E-state index contributed by atoms with van der Waals surface area (Å²) in [5.74, 6) is -0.981. The maximum Gasteiger partial charge on any atom is 0.315 e. The number of carbonyl (C=O) groups excluding carboxylic acids is 1. The molecule has 0 fully saturated rings. The van der Waals surface area contributed by atoms with Crippen molar-refractivity contribution in [3.8, 4) is 11.5 Å². The van der Waals surface area contributed by atoms with Crippen LogP contribution in [0.5, 0.6) is 11.5 Å². The Bertz CT molecular complexity index is 816. The minimum atomic E-state index is -0.722. The molecule has 2 N–H and O–H groups in total. The summed E-state index contributed by atoms with van der Waals surface area (Å²) in [5.41, 5.74) is 3.61. The van der Waals surface area contributed by atoms with Gasteiger partial charge in [-0.05, 0) is 32.0 Å². The minimum absolute atomic E-state index is 0.0250. The van der Waals surface area contributed by atoms with E-state index in [1.165, 1.54) is 12.3 Å². The van der Waals surface area contributed by atoms with Crippen LogP contribution >= 0.6 is 0 Å². The summed E-state index contributed by atoms with van der Waals surface area (Å²) in [6.45, 7) is 3.83. The van der Waals surface area contributed by atoms with Crippen LogP contribution in [0, 0.1) is 17.0 Å². The van der Waals surface area contributed by atoms with E-state index in [2.05, 4.69) is 10.5 Å². The van der Waals surface area contributed by atoms with Crippen LogP contribution in [0.15, 0.2) is 41.5 Å². The number of amides is 1. The molecule has 0 saturated heterocycles. The van der Waals surface area contributed by atoms with Crippen molar-refractivity contribution in [3.63, 3.8) is 0 Å². The van der Waals surface area contributed by atoms with Crippen LogP contribution < -0.4 is 10.2 Å². The van der Waals surface area contributed by atoms with Crippen molar-refractivity contribution in [1.82, 2.24) is 5.43 Å². The lowest BCUT2D eigenvalue weighted by atomic mass is 10.1. The van der Waals surface area contributed by atoms with Gasteiger partial charge in [-0.2, -0.15) is 5.10 Å². The number of nitrogens with one attached hydrogen (secondary N) is 1.